The highest BCUT2D eigenvalue weighted by Crippen LogP contribution is 2.33. The molecule has 104 valence electrons. The Balaban J connectivity index is 2.32. The highest BCUT2D eigenvalue weighted by molar-refractivity contribution is 9.11. The van der Waals surface area contributed by atoms with Gasteiger partial charge < -0.3 is 11.1 Å². The molecule has 7 heteroatoms. The Morgan fingerprint density at radius 2 is 1.50 bits per heavy atom. The number of rotatable bonds is 2. The van der Waals surface area contributed by atoms with E-state index in [1.165, 1.54) is 0 Å². The maximum absolute atomic E-state index is 13.1. The lowest BCUT2D eigenvalue weighted by Crippen LogP contribution is -2.13. The molecule has 0 saturated heterocycles. The predicted molar refractivity (Wildman–Crippen MR) is 80.6 cm³/mol. The lowest BCUT2D eigenvalue weighted by Gasteiger charge is -2.11. The maximum Gasteiger partial charge on any atom is 0.255 e. The predicted octanol–water partition coefficient (Wildman–Crippen LogP) is 4.32. The van der Waals surface area contributed by atoms with Crippen molar-refractivity contribution in [1.29, 1.82) is 0 Å². The average Bonchev–Trinajstić information content (AvgIpc) is 2.32. The van der Waals surface area contributed by atoms with Gasteiger partial charge in [-0.3, -0.25) is 4.79 Å². The van der Waals surface area contributed by atoms with Gasteiger partial charge in [-0.25, -0.2) is 8.78 Å². The first-order chi connectivity index (χ1) is 9.36. The number of nitrogens with two attached hydrogens (primary N) is 1. The third kappa shape index (κ3) is 3.34. The summed E-state index contributed by atoms with van der Waals surface area (Å²) in [6.45, 7) is 0. The molecular formula is C13H8Br2F2N2O. The molecule has 0 atom stereocenters. The Morgan fingerprint density at radius 3 is 2.00 bits per heavy atom. The third-order valence-electron chi connectivity index (χ3n) is 2.43. The third-order valence-corrected chi connectivity index (χ3v) is 3.68. The van der Waals surface area contributed by atoms with Crippen LogP contribution >= 0.6 is 31.9 Å². The highest BCUT2D eigenvalue weighted by atomic mass is 79.9. The van der Waals surface area contributed by atoms with E-state index in [0.29, 0.717) is 26.4 Å². The second kappa shape index (κ2) is 5.88. The van der Waals surface area contributed by atoms with E-state index in [-0.39, 0.29) is 5.56 Å². The molecule has 0 aliphatic heterocycles. The van der Waals surface area contributed by atoms with E-state index in [1.807, 2.05) is 0 Å². The van der Waals surface area contributed by atoms with Crippen LogP contribution in [0, 0.1) is 11.6 Å². The number of hydrogen-bond acceptors (Lipinski definition) is 2. The van der Waals surface area contributed by atoms with Gasteiger partial charge in [-0.2, -0.15) is 0 Å². The second-order valence-corrected chi connectivity index (χ2v) is 5.68. The Kier molecular flexibility index (Phi) is 4.39. The molecule has 2 aromatic rings. The van der Waals surface area contributed by atoms with Gasteiger partial charge in [0, 0.05) is 26.3 Å². The first kappa shape index (κ1) is 14.9. The second-order valence-electron chi connectivity index (χ2n) is 3.97. The molecule has 0 aromatic heterocycles. The van der Waals surface area contributed by atoms with Gasteiger partial charge in [0.25, 0.3) is 5.91 Å². The number of halogens is 4. The minimum Gasteiger partial charge on any atom is -0.399 e. The Labute approximate surface area is 130 Å². The molecule has 0 heterocycles. The summed E-state index contributed by atoms with van der Waals surface area (Å²) in [6.07, 6.45) is 0. The fraction of sp³-hybridized carbons (Fsp3) is 0. The van der Waals surface area contributed by atoms with Crippen molar-refractivity contribution in [1.82, 2.24) is 0 Å². The van der Waals surface area contributed by atoms with Crippen molar-refractivity contribution in [3.63, 3.8) is 0 Å². The van der Waals surface area contributed by atoms with Crippen molar-refractivity contribution >= 4 is 49.1 Å². The maximum atomic E-state index is 13.1. The van der Waals surface area contributed by atoms with Gasteiger partial charge in [-0.15, -0.1) is 0 Å². The van der Waals surface area contributed by atoms with Crippen molar-refractivity contribution in [2.75, 3.05) is 11.1 Å². The Morgan fingerprint density at radius 1 is 1.00 bits per heavy atom. The summed E-state index contributed by atoms with van der Waals surface area (Å²) in [4.78, 5) is 12.0. The quantitative estimate of drug-likeness (QED) is 0.731. The van der Waals surface area contributed by atoms with Crippen LogP contribution in [0.4, 0.5) is 20.2 Å². The normalized spacial score (nSPS) is 10.4. The molecular weight excluding hydrogens is 398 g/mol. The zero-order valence-corrected chi connectivity index (χ0v) is 13.1. The number of amides is 1. The summed E-state index contributed by atoms with van der Waals surface area (Å²) in [5.41, 5.74) is 6.45. The Bertz CT molecular complexity index is 649. The van der Waals surface area contributed by atoms with Crippen LogP contribution in [-0.2, 0) is 0 Å². The van der Waals surface area contributed by atoms with Crippen molar-refractivity contribution in [3.05, 3.63) is 56.5 Å². The molecule has 0 radical (unpaired) electrons. The van der Waals surface area contributed by atoms with Gasteiger partial charge in [-0.1, -0.05) is 0 Å². The topological polar surface area (TPSA) is 55.1 Å². The van der Waals surface area contributed by atoms with Crippen LogP contribution in [-0.4, -0.2) is 5.91 Å². The molecule has 2 rings (SSSR count). The zero-order valence-electron chi connectivity index (χ0n) is 9.88. The number of carbonyl (C=O) groups is 1. The number of carbonyl (C=O) groups excluding carboxylic acids is 1. The summed E-state index contributed by atoms with van der Waals surface area (Å²) in [7, 11) is 0. The number of nitrogen functional groups attached to an aromatic ring is 1. The number of hydrogen-bond donors (Lipinski definition) is 2. The van der Waals surface area contributed by atoms with Crippen LogP contribution in [0.1, 0.15) is 10.4 Å². The lowest BCUT2D eigenvalue weighted by molar-refractivity contribution is 0.102. The van der Waals surface area contributed by atoms with Crippen LogP contribution in [0.3, 0.4) is 0 Å². The van der Waals surface area contributed by atoms with E-state index in [9.17, 15) is 13.6 Å². The smallest absolute Gasteiger partial charge is 0.255 e. The first-order valence-corrected chi connectivity index (χ1v) is 6.97. The molecule has 0 aliphatic rings. The van der Waals surface area contributed by atoms with Crippen molar-refractivity contribution in [2.24, 2.45) is 0 Å². The van der Waals surface area contributed by atoms with Gasteiger partial charge in [0.2, 0.25) is 0 Å². The molecule has 3 N–H and O–H groups in total. The van der Waals surface area contributed by atoms with E-state index in [1.54, 1.807) is 12.1 Å². The van der Waals surface area contributed by atoms with Gasteiger partial charge >= 0.3 is 0 Å². The van der Waals surface area contributed by atoms with E-state index in [0.717, 1.165) is 12.1 Å². The zero-order chi connectivity index (χ0) is 14.9. The van der Waals surface area contributed by atoms with Crippen LogP contribution in [0.25, 0.3) is 0 Å². The number of benzene rings is 2. The van der Waals surface area contributed by atoms with Gasteiger partial charge in [-0.05, 0) is 56.1 Å². The van der Waals surface area contributed by atoms with Crippen molar-refractivity contribution < 1.29 is 13.6 Å². The fourth-order valence-electron chi connectivity index (χ4n) is 1.58. The van der Waals surface area contributed by atoms with E-state index < -0.39 is 17.5 Å². The SMILES string of the molecule is Nc1cc(Br)c(NC(=O)c2cc(F)cc(F)c2)c(Br)c1. The van der Waals surface area contributed by atoms with E-state index in [2.05, 4.69) is 37.2 Å². The minimum absolute atomic E-state index is 0.113. The molecule has 0 aliphatic carbocycles. The fourth-order valence-corrected chi connectivity index (χ4v) is 3.00. The first-order valence-electron chi connectivity index (χ1n) is 5.39. The molecule has 20 heavy (non-hydrogen) atoms. The van der Waals surface area contributed by atoms with Crippen LogP contribution in [0.5, 0.6) is 0 Å². The number of anilines is 2. The van der Waals surface area contributed by atoms with Gasteiger partial charge in [0.05, 0.1) is 5.69 Å². The van der Waals surface area contributed by atoms with Gasteiger partial charge in [0.1, 0.15) is 11.6 Å². The molecule has 0 saturated carbocycles. The highest BCUT2D eigenvalue weighted by Gasteiger charge is 2.13. The summed E-state index contributed by atoms with van der Waals surface area (Å²) in [5.74, 6) is -2.26. The molecule has 0 spiro atoms. The van der Waals surface area contributed by atoms with Crippen molar-refractivity contribution in [2.45, 2.75) is 0 Å². The summed E-state index contributed by atoms with van der Waals surface area (Å²) in [6, 6.07) is 5.82. The molecule has 2 aromatic carbocycles. The molecule has 3 nitrogen and oxygen atoms in total. The molecule has 1 amide bonds. The summed E-state index contributed by atoms with van der Waals surface area (Å²) < 4.78 is 27.3. The van der Waals surface area contributed by atoms with Crippen LogP contribution < -0.4 is 11.1 Å². The summed E-state index contributed by atoms with van der Waals surface area (Å²) in [5, 5.41) is 2.55. The minimum atomic E-state index is -0.814. The van der Waals surface area contributed by atoms with Gasteiger partial charge in [0.15, 0.2) is 0 Å². The molecule has 0 fully saturated rings. The lowest BCUT2D eigenvalue weighted by atomic mass is 10.2. The van der Waals surface area contributed by atoms with Crippen LogP contribution in [0.2, 0.25) is 0 Å². The Hall–Kier alpha value is -1.47. The summed E-state index contributed by atoms with van der Waals surface area (Å²) >= 11 is 6.51. The van der Waals surface area contributed by atoms with E-state index in [4.69, 9.17) is 5.73 Å². The average molecular weight is 406 g/mol. The van der Waals surface area contributed by atoms with Crippen molar-refractivity contribution in [3.8, 4) is 0 Å². The monoisotopic (exact) mass is 404 g/mol. The standard InChI is InChI=1S/C13H8Br2F2N2O/c14-10-4-9(18)5-11(15)12(10)19-13(20)6-1-7(16)3-8(17)2-6/h1-5H,18H2,(H,19,20). The largest absolute Gasteiger partial charge is 0.399 e. The molecule has 0 unspecified atom stereocenters. The van der Waals surface area contributed by atoms with Crippen LogP contribution in [0.15, 0.2) is 39.3 Å². The molecule has 0 bridgehead atoms. The number of nitrogens with one attached hydrogen (secondary N) is 1. The van der Waals surface area contributed by atoms with E-state index >= 15 is 0 Å².